The van der Waals surface area contributed by atoms with Crippen LogP contribution >= 0.6 is 11.6 Å². The van der Waals surface area contributed by atoms with Crippen molar-refractivity contribution in [3.8, 4) is 5.75 Å². The van der Waals surface area contributed by atoms with E-state index in [1.54, 1.807) is 13.0 Å². The number of aryl methyl sites for hydroxylation is 1. The highest BCUT2D eigenvalue weighted by atomic mass is 35.5. The van der Waals surface area contributed by atoms with Gasteiger partial charge in [0.25, 0.3) is 5.91 Å². The van der Waals surface area contributed by atoms with E-state index in [1.165, 1.54) is 24.1 Å². The zero-order valence-corrected chi connectivity index (χ0v) is 19.3. The van der Waals surface area contributed by atoms with Crippen LogP contribution in [0.3, 0.4) is 0 Å². The third kappa shape index (κ3) is 3.80. The number of aromatic amines is 1. The van der Waals surface area contributed by atoms with E-state index < -0.39 is 23.5 Å². The number of amides is 1. The van der Waals surface area contributed by atoms with Crippen LogP contribution in [0.2, 0.25) is 5.02 Å². The molecule has 0 radical (unpaired) electrons. The lowest BCUT2D eigenvalue weighted by atomic mass is 9.96. The molecule has 2 aromatic carbocycles. The molecule has 1 amide bonds. The molecule has 1 atom stereocenters. The van der Waals surface area contributed by atoms with Crippen LogP contribution in [-0.4, -0.2) is 41.5 Å². The number of nitrogens with one attached hydrogen (secondary N) is 1. The number of nitrogens with zero attached hydrogens (tertiary/aromatic N) is 1. The first kappa shape index (κ1) is 22.0. The third-order valence-electron chi connectivity index (χ3n) is 6.15. The Morgan fingerprint density at radius 3 is 2.79 bits per heavy atom. The molecule has 0 spiro atoms. The number of carbonyl (C=O) groups is 2. The standard InChI is InChI=1S/C25H21ClN2O6/c1-13-7-24(30)34-21-10-22(17(26)8-15(13)21)33-12-23(29)28-11-19-16(9-20(28)25(31)32-2)14-5-3-4-6-18(14)27-19/h3-8,10,20,27H,9,11-12H2,1-2H3. The Morgan fingerprint density at radius 1 is 1.21 bits per heavy atom. The molecule has 1 unspecified atom stereocenters. The first-order chi connectivity index (χ1) is 16.4. The summed E-state index contributed by atoms with van der Waals surface area (Å²) in [6, 6.07) is 11.5. The minimum absolute atomic E-state index is 0.203. The minimum atomic E-state index is -0.777. The number of benzene rings is 2. The van der Waals surface area contributed by atoms with Crippen LogP contribution in [0.15, 0.2) is 51.7 Å². The first-order valence-electron chi connectivity index (χ1n) is 10.7. The van der Waals surface area contributed by atoms with Gasteiger partial charge in [-0.25, -0.2) is 9.59 Å². The summed E-state index contributed by atoms with van der Waals surface area (Å²) in [5.74, 6) is -0.693. The number of esters is 1. The highest BCUT2D eigenvalue weighted by Crippen LogP contribution is 2.33. The predicted octanol–water partition coefficient (Wildman–Crippen LogP) is 3.74. The van der Waals surface area contributed by atoms with E-state index in [1.807, 2.05) is 24.3 Å². The summed E-state index contributed by atoms with van der Waals surface area (Å²) in [6.07, 6.45) is 0.332. The average Bonchev–Trinajstić information content (AvgIpc) is 3.19. The molecule has 9 heteroatoms. The van der Waals surface area contributed by atoms with Gasteiger partial charge >= 0.3 is 11.6 Å². The molecule has 0 aliphatic carbocycles. The van der Waals surface area contributed by atoms with Gasteiger partial charge in [0, 0.05) is 40.5 Å². The molecule has 0 fully saturated rings. The number of carbonyl (C=O) groups excluding carboxylic acids is 2. The summed E-state index contributed by atoms with van der Waals surface area (Å²) in [6.45, 7) is 1.64. The van der Waals surface area contributed by atoms with Crippen molar-refractivity contribution in [2.24, 2.45) is 0 Å². The van der Waals surface area contributed by atoms with Crippen molar-refractivity contribution in [2.45, 2.75) is 25.9 Å². The maximum Gasteiger partial charge on any atom is 0.336 e. The lowest BCUT2D eigenvalue weighted by Gasteiger charge is -2.33. The van der Waals surface area contributed by atoms with E-state index in [4.69, 9.17) is 25.5 Å². The second kappa shape index (κ2) is 8.53. The van der Waals surface area contributed by atoms with Crippen molar-refractivity contribution >= 4 is 45.3 Å². The number of hydrogen-bond acceptors (Lipinski definition) is 6. The van der Waals surface area contributed by atoms with Gasteiger partial charge < -0.3 is 23.8 Å². The molecule has 1 N–H and O–H groups in total. The number of para-hydroxylation sites is 1. The van der Waals surface area contributed by atoms with Crippen LogP contribution < -0.4 is 10.4 Å². The molecular formula is C25H21ClN2O6. The van der Waals surface area contributed by atoms with Gasteiger partial charge in [0.05, 0.1) is 18.7 Å². The number of hydrogen-bond donors (Lipinski definition) is 1. The van der Waals surface area contributed by atoms with Crippen molar-refractivity contribution in [1.82, 2.24) is 9.88 Å². The molecule has 4 aromatic rings. The summed E-state index contributed by atoms with van der Waals surface area (Å²) in [7, 11) is 1.30. The summed E-state index contributed by atoms with van der Waals surface area (Å²) in [5, 5.41) is 1.98. The number of halogens is 1. The minimum Gasteiger partial charge on any atom is -0.482 e. The smallest absolute Gasteiger partial charge is 0.336 e. The molecule has 3 heterocycles. The third-order valence-corrected chi connectivity index (χ3v) is 6.45. The number of ether oxygens (including phenoxy) is 2. The first-order valence-corrected chi connectivity index (χ1v) is 11.1. The average molecular weight is 481 g/mol. The van der Waals surface area contributed by atoms with Crippen LogP contribution in [0.4, 0.5) is 0 Å². The Morgan fingerprint density at radius 2 is 2.00 bits per heavy atom. The van der Waals surface area contributed by atoms with Gasteiger partial charge in [0.2, 0.25) is 0 Å². The van der Waals surface area contributed by atoms with E-state index in [0.717, 1.165) is 27.7 Å². The molecule has 0 saturated carbocycles. The fourth-order valence-corrected chi connectivity index (χ4v) is 4.69. The molecule has 5 rings (SSSR count). The normalized spacial score (nSPS) is 15.4. The van der Waals surface area contributed by atoms with E-state index in [9.17, 15) is 14.4 Å². The highest BCUT2D eigenvalue weighted by Gasteiger charge is 2.37. The lowest BCUT2D eigenvalue weighted by Crippen LogP contribution is -2.50. The topological polar surface area (TPSA) is 102 Å². The van der Waals surface area contributed by atoms with Gasteiger partial charge in [-0.15, -0.1) is 0 Å². The number of methoxy groups -OCH3 is 1. The number of rotatable bonds is 4. The van der Waals surface area contributed by atoms with Crippen LogP contribution in [-0.2, 0) is 27.3 Å². The second-order valence-electron chi connectivity index (χ2n) is 8.21. The summed E-state index contributed by atoms with van der Waals surface area (Å²) in [4.78, 5) is 42.2. The van der Waals surface area contributed by atoms with Gasteiger partial charge in [-0.1, -0.05) is 29.8 Å². The predicted molar refractivity (Wildman–Crippen MR) is 126 cm³/mol. The maximum absolute atomic E-state index is 13.2. The summed E-state index contributed by atoms with van der Waals surface area (Å²) >= 11 is 6.35. The second-order valence-corrected chi connectivity index (χ2v) is 8.62. The Kier molecular flexibility index (Phi) is 5.53. The molecule has 34 heavy (non-hydrogen) atoms. The molecule has 2 aromatic heterocycles. The van der Waals surface area contributed by atoms with Gasteiger partial charge in [-0.2, -0.15) is 0 Å². The van der Waals surface area contributed by atoms with E-state index in [-0.39, 0.29) is 23.9 Å². The molecule has 174 valence electrons. The maximum atomic E-state index is 13.2. The zero-order valence-electron chi connectivity index (χ0n) is 18.5. The van der Waals surface area contributed by atoms with Crippen LogP contribution in [0.1, 0.15) is 16.8 Å². The number of fused-ring (bicyclic) bond motifs is 4. The monoisotopic (exact) mass is 480 g/mol. The van der Waals surface area contributed by atoms with Gasteiger partial charge in [0.1, 0.15) is 17.4 Å². The van der Waals surface area contributed by atoms with E-state index in [0.29, 0.717) is 17.4 Å². The molecule has 0 saturated heterocycles. The van der Waals surface area contributed by atoms with E-state index >= 15 is 0 Å². The quantitative estimate of drug-likeness (QED) is 0.352. The fraction of sp³-hybridized carbons (Fsp3) is 0.240. The molecule has 8 nitrogen and oxygen atoms in total. The van der Waals surface area contributed by atoms with Crippen molar-refractivity contribution in [3.63, 3.8) is 0 Å². The van der Waals surface area contributed by atoms with Crippen LogP contribution in [0.5, 0.6) is 5.75 Å². The van der Waals surface area contributed by atoms with Gasteiger partial charge in [-0.3, -0.25) is 4.79 Å². The Labute approximate surface area is 199 Å². The Bertz CT molecular complexity index is 1500. The SMILES string of the molecule is COC(=O)C1Cc2c([nH]c3ccccc23)CN1C(=O)COc1cc2oc(=O)cc(C)c2cc1Cl. The van der Waals surface area contributed by atoms with Gasteiger partial charge in [-0.05, 0) is 30.2 Å². The molecule has 0 bridgehead atoms. The Hall–Kier alpha value is -3.78. The van der Waals surface area contributed by atoms with Crippen molar-refractivity contribution < 1.29 is 23.5 Å². The fourth-order valence-electron chi connectivity index (χ4n) is 4.47. The van der Waals surface area contributed by atoms with Crippen LogP contribution in [0.25, 0.3) is 21.9 Å². The van der Waals surface area contributed by atoms with Gasteiger partial charge in [0.15, 0.2) is 6.61 Å². The number of aromatic nitrogens is 1. The Balaban J connectivity index is 1.41. The zero-order chi connectivity index (χ0) is 24.0. The lowest BCUT2D eigenvalue weighted by molar-refractivity contribution is -0.154. The number of H-pyrrole nitrogens is 1. The molecule has 1 aliphatic heterocycles. The molecular weight excluding hydrogens is 460 g/mol. The van der Waals surface area contributed by atoms with E-state index in [2.05, 4.69) is 4.98 Å². The van der Waals surface area contributed by atoms with Crippen molar-refractivity contribution in [2.75, 3.05) is 13.7 Å². The molecule has 1 aliphatic rings. The van der Waals surface area contributed by atoms with Crippen LogP contribution in [0, 0.1) is 6.92 Å². The summed E-state index contributed by atoms with van der Waals surface area (Å²) < 4.78 is 15.9. The van der Waals surface area contributed by atoms with Crippen molar-refractivity contribution in [1.29, 1.82) is 0 Å². The summed E-state index contributed by atoms with van der Waals surface area (Å²) in [5.41, 5.74) is 3.36. The van der Waals surface area contributed by atoms with Crippen molar-refractivity contribution in [3.05, 3.63) is 74.7 Å². The highest BCUT2D eigenvalue weighted by molar-refractivity contribution is 6.32. The largest absolute Gasteiger partial charge is 0.482 e.